The highest BCUT2D eigenvalue weighted by molar-refractivity contribution is 6.30. The van der Waals surface area contributed by atoms with Gasteiger partial charge in [-0.3, -0.25) is 9.59 Å². The lowest BCUT2D eigenvalue weighted by Crippen LogP contribution is -2.36. The maximum Gasteiger partial charge on any atom is 0.417 e. The first-order valence-electron chi connectivity index (χ1n) is 11.3. The van der Waals surface area contributed by atoms with Crippen LogP contribution in [0, 0.1) is 11.1 Å². The van der Waals surface area contributed by atoms with Gasteiger partial charge < -0.3 is 5.21 Å². The van der Waals surface area contributed by atoms with E-state index in [0.29, 0.717) is 22.6 Å². The second-order valence-corrected chi connectivity index (χ2v) is 9.42. The van der Waals surface area contributed by atoms with Crippen molar-refractivity contribution in [3.05, 3.63) is 93.4 Å². The number of nitrogens with zero attached hydrogens (tertiary/aromatic N) is 1. The van der Waals surface area contributed by atoms with Gasteiger partial charge in [-0.25, -0.2) is 0 Å². The molecular formula is C27H23ClF3NO3. The third-order valence-corrected chi connectivity index (χ3v) is 6.53. The average Bonchev–Trinajstić information content (AvgIpc) is 3.61. The smallest absolute Gasteiger partial charge is 0.417 e. The molecule has 0 saturated heterocycles. The van der Waals surface area contributed by atoms with Gasteiger partial charge in [-0.15, -0.1) is 0 Å². The van der Waals surface area contributed by atoms with Crippen LogP contribution in [0.1, 0.15) is 59.3 Å². The molecule has 1 unspecified atom stereocenters. The monoisotopic (exact) mass is 501 g/mol. The van der Waals surface area contributed by atoms with Crippen molar-refractivity contribution in [1.82, 2.24) is 0 Å². The van der Waals surface area contributed by atoms with Gasteiger partial charge in [0, 0.05) is 34.2 Å². The Kier molecular flexibility index (Phi) is 6.99. The Morgan fingerprint density at radius 1 is 1.09 bits per heavy atom. The number of benzene rings is 2. The van der Waals surface area contributed by atoms with Crippen LogP contribution in [0.25, 0.3) is 11.1 Å². The summed E-state index contributed by atoms with van der Waals surface area (Å²) < 4.78 is 41.0. The van der Waals surface area contributed by atoms with Gasteiger partial charge in [0.2, 0.25) is 5.69 Å². The Labute approximate surface area is 205 Å². The number of carbonyl (C=O) groups excluding carboxylic acids is 2. The van der Waals surface area contributed by atoms with Crippen molar-refractivity contribution < 1.29 is 27.5 Å². The number of rotatable bonds is 8. The van der Waals surface area contributed by atoms with E-state index in [4.69, 9.17) is 11.6 Å². The van der Waals surface area contributed by atoms with E-state index in [-0.39, 0.29) is 39.8 Å². The number of aromatic nitrogens is 1. The predicted molar refractivity (Wildman–Crippen MR) is 126 cm³/mol. The topological polar surface area (TPSA) is 61.1 Å². The molecule has 0 spiro atoms. The summed E-state index contributed by atoms with van der Waals surface area (Å²) in [5.74, 6) is -0.560. The summed E-state index contributed by atoms with van der Waals surface area (Å²) in [6.07, 6.45) is -0.989. The Morgan fingerprint density at radius 2 is 1.77 bits per heavy atom. The first-order chi connectivity index (χ1) is 16.5. The molecule has 1 fully saturated rings. The van der Waals surface area contributed by atoms with Crippen molar-refractivity contribution in [2.45, 2.75) is 44.7 Å². The fourth-order valence-corrected chi connectivity index (χ4v) is 4.38. The van der Waals surface area contributed by atoms with Gasteiger partial charge in [0.05, 0.1) is 5.56 Å². The molecule has 4 rings (SSSR count). The van der Waals surface area contributed by atoms with Gasteiger partial charge in [0.1, 0.15) is 5.92 Å². The number of hydrogen-bond donors (Lipinski definition) is 0. The molecule has 3 aromatic rings. The standard InChI is InChI=1S/C27H23ClF3NO3/c1-16(33)19-6-4-18(5-7-19)13-26(34)23(12-17-2-3-17)25-11-8-20(15-32(25)35)22-14-21(28)9-10-24(22)27(29,30)31/h4-11,14-15,17,23H,2-3,12-13H2,1H3. The lowest BCUT2D eigenvalue weighted by atomic mass is 9.89. The molecule has 1 saturated carbocycles. The number of alkyl halides is 3. The number of pyridine rings is 1. The van der Waals surface area contributed by atoms with E-state index in [1.807, 2.05) is 0 Å². The summed E-state index contributed by atoms with van der Waals surface area (Å²) in [6, 6.07) is 12.8. The molecular weight excluding hydrogens is 479 g/mol. The van der Waals surface area contributed by atoms with Crippen molar-refractivity contribution >= 4 is 23.2 Å². The SMILES string of the molecule is CC(=O)c1ccc(CC(=O)C(CC2CC2)c2ccc(-c3cc(Cl)ccc3C(F)(F)F)c[n+]2[O-])cc1. The van der Waals surface area contributed by atoms with Crippen LogP contribution in [-0.2, 0) is 17.4 Å². The summed E-state index contributed by atoms with van der Waals surface area (Å²) in [5.41, 5.74) is 0.454. The fraction of sp³-hybridized carbons (Fsp3) is 0.296. The first-order valence-corrected chi connectivity index (χ1v) is 11.6. The van der Waals surface area contributed by atoms with Crippen LogP contribution in [0.5, 0.6) is 0 Å². The van der Waals surface area contributed by atoms with Crippen molar-refractivity contribution in [2.24, 2.45) is 5.92 Å². The largest absolute Gasteiger partial charge is 0.618 e. The van der Waals surface area contributed by atoms with E-state index >= 15 is 0 Å². The second kappa shape index (κ2) is 9.82. The molecule has 8 heteroatoms. The zero-order valence-electron chi connectivity index (χ0n) is 18.9. The molecule has 0 N–H and O–H groups in total. The summed E-state index contributed by atoms with van der Waals surface area (Å²) in [5, 5.41) is 13.1. The van der Waals surface area contributed by atoms with E-state index in [0.717, 1.165) is 36.7 Å². The van der Waals surface area contributed by atoms with Gasteiger partial charge in [0.25, 0.3) is 0 Å². The van der Waals surface area contributed by atoms with E-state index in [2.05, 4.69) is 0 Å². The number of carbonyl (C=O) groups is 2. The molecule has 0 aliphatic heterocycles. The molecule has 0 amide bonds. The Morgan fingerprint density at radius 3 is 2.34 bits per heavy atom. The zero-order chi connectivity index (χ0) is 25.3. The van der Waals surface area contributed by atoms with Crippen molar-refractivity contribution in [2.75, 3.05) is 0 Å². The van der Waals surface area contributed by atoms with Crippen LogP contribution < -0.4 is 4.73 Å². The molecule has 1 aliphatic carbocycles. The van der Waals surface area contributed by atoms with Crippen LogP contribution in [0.3, 0.4) is 0 Å². The van der Waals surface area contributed by atoms with Crippen LogP contribution in [0.4, 0.5) is 13.2 Å². The maximum atomic E-state index is 13.5. The predicted octanol–water partition coefficient (Wildman–Crippen LogP) is 6.56. The van der Waals surface area contributed by atoms with E-state index in [1.165, 1.54) is 25.1 Å². The Bertz CT molecular complexity index is 1270. The molecule has 35 heavy (non-hydrogen) atoms. The minimum Gasteiger partial charge on any atom is -0.618 e. The van der Waals surface area contributed by atoms with Crippen molar-refractivity contribution in [1.29, 1.82) is 0 Å². The minimum atomic E-state index is -4.62. The molecule has 4 nitrogen and oxygen atoms in total. The lowest BCUT2D eigenvalue weighted by Gasteiger charge is -2.17. The van der Waals surface area contributed by atoms with Gasteiger partial charge in [0.15, 0.2) is 17.8 Å². The zero-order valence-corrected chi connectivity index (χ0v) is 19.7. The van der Waals surface area contributed by atoms with Crippen LogP contribution >= 0.6 is 11.6 Å². The van der Waals surface area contributed by atoms with Crippen LogP contribution in [0.15, 0.2) is 60.8 Å². The van der Waals surface area contributed by atoms with Gasteiger partial charge in [-0.1, -0.05) is 48.7 Å². The number of hydrogen-bond acceptors (Lipinski definition) is 3. The minimum absolute atomic E-state index is 0.0658. The molecule has 182 valence electrons. The van der Waals surface area contributed by atoms with E-state index in [1.54, 1.807) is 24.3 Å². The van der Waals surface area contributed by atoms with Crippen LogP contribution in [0.2, 0.25) is 5.02 Å². The fourth-order valence-electron chi connectivity index (χ4n) is 4.21. The molecule has 0 bridgehead atoms. The highest BCUT2D eigenvalue weighted by Crippen LogP contribution is 2.40. The highest BCUT2D eigenvalue weighted by Gasteiger charge is 2.36. The molecule has 2 aromatic carbocycles. The summed E-state index contributed by atoms with van der Waals surface area (Å²) in [4.78, 5) is 24.7. The van der Waals surface area contributed by atoms with Crippen LogP contribution in [-0.4, -0.2) is 11.6 Å². The average molecular weight is 502 g/mol. The Hall–Kier alpha value is -3.19. The summed E-state index contributed by atoms with van der Waals surface area (Å²) in [7, 11) is 0. The molecule has 1 aliphatic rings. The number of halogens is 4. The van der Waals surface area contributed by atoms with Crippen molar-refractivity contribution in [3.8, 4) is 11.1 Å². The van der Waals surface area contributed by atoms with Gasteiger partial charge >= 0.3 is 6.18 Å². The second-order valence-electron chi connectivity index (χ2n) is 8.98. The summed E-state index contributed by atoms with van der Waals surface area (Å²) in [6.45, 7) is 1.46. The third-order valence-electron chi connectivity index (χ3n) is 6.29. The molecule has 1 atom stereocenters. The van der Waals surface area contributed by atoms with E-state index < -0.39 is 17.7 Å². The molecule has 1 aromatic heterocycles. The highest BCUT2D eigenvalue weighted by atomic mass is 35.5. The number of Topliss-reactive ketones (excluding diaryl/α,β-unsaturated/α-hetero) is 2. The third kappa shape index (κ3) is 5.90. The summed E-state index contributed by atoms with van der Waals surface area (Å²) >= 11 is 5.93. The van der Waals surface area contributed by atoms with E-state index in [9.17, 15) is 28.0 Å². The Balaban J connectivity index is 1.64. The molecule has 0 radical (unpaired) electrons. The van der Waals surface area contributed by atoms with Gasteiger partial charge in [-0.2, -0.15) is 17.9 Å². The lowest BCUT2D eigenvalue weighted by molar-refractivity contribution is -0.614. The number of ketones is 2. The quantitative estimate of drug-likeness (QED) is 0.199. The molecule has 1 heterocycles. The van der Waals surface area contributed by atoms with Gasteiger partial charge in [-0.05, 0) is 49.1 Å². The normalized spacial score (nSPS) is 14.5. The van der Waals surface area contributed by atoms with Crippen molar-refractivity contribution in [3.63, 3.8) is 0 Å². The maximum absolute atomic E-state index is 13.5. The first kappa shape index (κ1) is 24.9.